The first-order chi connectivity index (χ1) is 8.84. The maximum atomic E-state index is 13.1. The second kappa shape index (κ2) is 4.96. The van der Waals surface area contributed by atoms with Crippen molar-refractivity contribution < 1.29 is 26.7 Å². The third kappa shape index (κ3) is 2.80. The molecule has 0 atom stereocenters. The van der Waals surface area contributed by atoms with E-state index < -0.39 is 23.4 Å². The van der Waals surface area contributed by atoms with Crippen LogP contribution in [0.4, 0.5) is 22.0 Å². The van der Waals surface area contributed by atoms with Gasteiger partial charge in [0, 0.05) is 18.9 Å². The summed E-state index contributed by atoms with van der Waals surface area (Å²) in [6.45, 7) is 0.312. The largest absolute Gasteiger partial charge is 0.478 e. The summed E-state index contributed by atoms with van der Waals surface area (Å²) >= 11 is 0. The molecular formula is C12H12F5NO. The fourth-order valence-electron chi connectivity index (χ4n) is 2.04. The number of hydrogen-bond acceptors (Lipinski definition) is 2. The first kappa shape index (κ1) is 14.0. The maximum absolute atomic E-state index is 13.1. The lowest BCUT2D eigenvalue weighted by atomic mass is 9.91. The quantitative estimate of drug-likeness (QED) is 0.841. The number of rotatable bonds is 2. The Balaban J connectivity index is 2.27. The molecule has 0 spiro atoms. The monoisotopic (exact) mass is 281 g/mol. The van der Waals surface area contributed by atoms with Gasteiger partial charge in [0.1, 0.15) is 5.75 Å². The maximum Gasteiger partial charge on any atom is 0.428 e. The van der Waals surface area contributed by atoms with E-state index in [2.05, 4.69) is 5.32 Å². The minimum absolute atomic E-state index is 0.156. The number of alkyl halides is 3. The van der Waals surface area contributed by atoms with Gasteiger partial charge >= 0.3 is 6.18 Å². The van der Waals surface area contributed by atoms with Crippen LogP contribution in [0.3, 0.4) is 0 Å². The number of ether oxygens (including phenoxy) is 1. The molecule has 0 radical (unpaired) electrons. The zero-order chi connectivity index (χ0) is 14.1. The lowest BCUT2D eigenvalue weighted by Crippen LogP contribution is -2.56. The Morgan fingerprint density at radius 2 is 1.68 bits per heavy atom. The molecule has 1 aromatic carbocycles. The molecule has 1 aliphatic rings. The van der Waals surface area contributed by atoms with Crippen LogP contribution in [0.5, 0.6) is 5.75 Å². The summed E-state index contributed by atoms with van der Waals surface area (Å²) in [6.07, 6.45) is -5.11. The van der Waals surface area contributed by atoms with Gasteiger partial charge in [0.25, 0.3) is 0 Å². The first-order valence-corrected chi connectivity index (χ1v) is 5.76. The second-order valence-corrected chi connectivity index (χ2v) is 4.42. The summed E-state index contributed by atoms with van der Waals surface area (Å²) in [5, 5.41) is 2.80. The van der Waals surface area contributed by atoms with Crippen molar-refractivity contribution in [2.45, 2.75) is 24.6 Å². The normalized spacial score (nSPS) is 19.2. The number of nitrogens with one attached hydrogen (secondary N) is 1. The minimum Gasteiger partial charge on any atom is -0.478 e. The van der Waals surface area contributed by atoms with Crippen LogP contribution < -0.4 is 10.1 Å². The van der Waals surface area contributed by atoms with Gasteiger partial charge in [-0.15, -0.1) is 0 Å². The molecule has 1 saturated heterocycles. The fourth-order valence-corrected chi connectivity index (χ4v) is 2.04. The molecule has 0 unspecified atom stereocenters. The van der Waals surface area contributed by atoms with Crippen LogP contribution in [0.2, 0.25) is 0 Å². The Bertz CT molecular complexity index is 454. The van der Waals surface area contributed by atoms with E-state index in [0.717, 1.165) is 12.1 Å². The van der Waals surface area contributed by atoms with Gasteiger partial charge < -0.3 is 10.1 Å². The number of benzene rings is 1. The third-order valence-corrected chi connectivity index (χ3v) is 3.13. The van der Waals surface area contributed by atoms with Crippen molar-refractivity contribution in [3.05, 3.63) is 29.8 Å². The zero-order valence-corrected chi connectivity index (χ0v) is 9.86. The Kier molecular flexibility index (Phi) is 3.66. The molecule has 0 aromatic heterocycles. The average molecular weight is 281 g/mol. The first-order valence-electron chi connectivity index (χ1n) is 5.76. The molecule has 0 bridgehead atoms. The minimum atomic E-state index is -4.57. The van der Waals surface area contributed by atoms with Crippen LogP contribution in [0.1, 0.15) is 12.8 Å². The molecule has 2 rings (SSSR count). The second-order valence-electron chi connectivity index (χ2n) is 4.42. The van der Waals surface area contributed by atoms with E-state index in [1.54, 1.807) is 0 Å². The summed E-state index contributed by atoms with van der Waals surface area (Å²) in [7, 11) is 0. The smallest absolute Gasteiger partial charge is 0.428 e. The molecular weight excluding hydrogens is 269 g/mol. The molecule has 0 aliphatic carbocycles. The summed E-state index contributed by atoms with van der Waals surface area (Å²) in [5.41, 5.74) is -2.34. The van der Waals surface area contributed by atoms with Gasteiger partial charge in [-0.05, 0) is 25.2 Å². The van der Waals surface area contributed by atoms with Crippen molar-refractivity contribution in [3.8, 4) is 5.75 Å². The molecule has 1 N–H and O–H groups in total. The summed E-state index contributed by atoms with van der Waals surface area (Å²) in [4.78, 5) is 0. The van der Waals surface area contributed by atoms with Gasteiger partial charge in [-0.2, -0.15) is 13.2 Å². The molecule has 1 heterocycles. The van der Waals surface area contributed by atoms with Gasteiger partial charge in [0.15, 0.2) is 11.6 Å². The van der Waals surface area contributed by atoms with E-state index in [9.17, 15) is 22.0 Å². The van der Waals surface area contributed by atoms with Crippen molar-refractivity contribution >= 4 is 0 Å². The molecule has 0 amide bonds. The van der Waals surface area contributed by atoms with Crippen LogP contribution in [-0.4, -0.2) is 24.9 Å². The molecule has 1 aliphatic heterocycles. The fraction of sp³-hybridized carbons (Fsp3) is 0.500. The van der Waals surface area contributed by atoms with Gasteiger partial charge in [-0.3, -0.25) is 0 Å². The van der Waals surface area contributed by atoms with Crippen molar-refractivity contribution in [2.75, 3.05) is 13.1 Å². The highest BCUT2D eigenvalue weighted by molar-refractivity contribution is 5.25. The Labute approximate surface area is 106 Å². The average Bonchev–Trinajstić information content (AvgIpc) is 2.34. The lowest BCUT2D eigenvalue weighted by molar-refractivity contribution is -0.256. The van der Waals surface area contributed by atoms with Crippen LogP contribution >= 0.6 is 0 Å². The Morgan fingerprint density at radius 3 is 2.21 bits per heavy atom. The third-order valence-electron chi connectivity index (χ3n) is 3.13. The van der Waals surface area contributed by atoms with E-state index >= 15 is 0 Å². The number of halogens is 5. The summed E-state index contributed by atoms with van der Waals surface area (Å²) < 4.78 is 70.1. The van der Waals surface area contributed by atoms with Crippen LogP contribution in [0.25, 0.3) is 0 Å². The van der Waals surface area contributed by atoms with Gasteiger partial charge in [-0.25, -0.2) is 8.78 Å². The summed E-state index contributed by atoms with van der Waals surface area (Å²) in [6, 6.07) is 2.37. The van der Waals surface area contributed by atoms with Crippen molar-refractivity contribution in [1.29, 1.82) is 0 Å². The molecule has 1 aromatic rings. The molecule has 7 heteroatoms. The van der Waals surface area contributed by atoms with Crippen molar-refractivity contribution in [2.24, 2.45) is 0 Å². The van der Waals surface area contributed by atoms with Gasteiger partial charge in [0.05, 0.1) is 0 Å². The van der Waals surface area contributed by atoms with E-state index in [1.807, 2.05) is 0 Å². The Morgan fingerprint density at radius 1 is 1.05 bits per heavy atom. The predicted molar refractivity (Wildman–Crippen MR) is 57.9 cm³/mol. The molecule has 19 heavy (non-hydrogen) atoms. The van der Waals surface area contributed by atoms with E-state index in [0.29, 0.717) is 6.07 Å². The highest BCUT2D eigenvalue weighted by Crippen LogP contribution is 2.41. The van der Waals surface area contributed by atoms with E-state index in [-0.39, 0.29) is 31.7 Å². The highest BCUT2D eigenvalue weighted by atomic mass is 19.4. The Hall–Kier alpha value is -1.37. The SMILES string of the molecule is Fc1ccc(OC2(C(F)(F)F)CCNCC2)cc1F. The molecule has 106 valence electrons. The molecule has 2 nitrogen and oxygen atoms in total. The predicted octanol–water partition coefficient (Wildman–Crippen LogP) is 3.03. The number of hydrogen-bond donors (Lipinski definition) is 1. The lowest BCUT2D eigenvalue weighted by Gasteiger charge is -2.39. The van der Waals surface area contributed by atoms with Crippen LogP contribution in [-0.2, 0) is 0 Å². The van der Waals surface area contributed by atoms with Gasteiger partial charge in [0.2, 0.25) is 5.60 Å². The molecule has 1 fully saturated rings. The van der Waals surface area contributed by atoms with E-state index in [1.165, 1.54) is 0 Å². The van der Waals surface area contributed by atoms with Crippen molar-refractivity contribution in [3.63, 3.8) is 0 Å². The number of piperidine rings is 1. The van der Waals surface area contributed by atoms with Gasteiger partial charge in [-0.1, -0.05) is 0 Å². The topological polar surface area (TPSA) is 21.3 Å². The van der Waals surface area contributed by atoms with Crippen LogP contribution in [0, 0.1) is 11.6 Å². The van der Waals surface area contributed by atoms with Crippen LogP contribution in [0.15, 0.2) is 18.2 Å². The standard InChI is InChI=1S/C12H12F5NO/c13-9-2-1-8(7-10(9)14)19-11(12(15,16)17)3-5-18-6-4-11/h1-2,7,18H,3-6H2. The molecule has 0 saturated carbocycles. The summed E-state index contributed by atoms with van der Waals surface area (Å²) in [5.74, 6) is -2.68. The van der Waals surface area contributed by atoms with Crippen molar-refractivity contribution in [1.82, 2.24) is 5.32 Å². The zero-order valence-electron chi connectivity index (χ0n) is 9.86. The van der Waals surface area contributed by atoms with E-state index in [4.69, 9.17) is 4.74 Å². The highest BCUT2D eigenvalue weighted by Gasteiger charge is 2.57.